The van der Waals surface area contributed by atoms with E-state index in [0.29, 0.717) is 5.92 Å². The van der Waals surface area contributed by atoms with E-state index in [1.165, 1.54) is 0 Å². The van der Waals surface area contributed by atoms with Gasteiger partial charge in [0.25, 0.3) is 0 Å². The topological polar surface area (TPSA) is 33.1 Å². The van der Waals surface area contributed by atoms with E-state index in [1.807, 2.05) is 12.1 Å². The molecule has 0 amide bonds. The van der Waals surface area contributed by atoms with Crippen LogP contribution in [0.1, 0.15) is 52.5 Å². The van der Waals surface area contributed by atoms with E-state index in [4.69, 9.17) is 0 Å². The molecule has 0 spiro atoms. The van der Waals surface area contributed by atoms with Crippen LogP contribution in [0.15, 0.2) is 24.5 Å². The summed E-state index contributed by atoms with van der Waals surface area (Å²) in [4.78, 5) is 4.01. The lowest BCUT2D eigenvalue weighted by Gasteiger charge is -2.31. The maximum absolute atomic E-state index is 10.3. The molecule has 0 radical (unpaired) electrons. The Morgan fingerprint density at radius 2 is 1.71 bits per heavy atom. The summed E-state index contributed by atoms with van der Waals surface area (Å²) in [7, 11) is 0. The van der Waals surface area contributed by atoms with Crippen molar-refractivity contribution in [2.24, 2.45) is 11.3 Å². The molecule has 0 aromatic carbocycles. The zero-order valence-corrected chi connectivity index (χ0v) is 11.6. The highest BCUT2D eigenvalue weighted by Gasteiger charge is 2.25. The lowest BCUT2D eigenvalue weighted by Crippen LogP contribution is -2.26. The first-order valence-electron chi connectivity index (χ1n) is 6.40. The molecule has 3 atom stereocenters. The van der Waals surface area contributed by atoms with Crippen LogP contribution < -0.4 is 0 Å². The average molecular weight is 235 g/mol. The molecular formula is C15H25NO. The molecule has 0 saturated carbocycles. The van der Waals surface area contributed by atoms with E-state index in [-0.39, 0.29) is 17.4 Å². The van der Waals surface area contributed by atoms with Gasteiger partial charge in [0.1, 0.15) is 0 Å². The largest absolute Gasteiger partial charge is 0.392 e. The van der Waals surface area contributed by atoms with Crippen LogP contribution in [-0.4, -0.2) is 16.2 Å². The van der Waals surface area contributed by atoms with Gasteiger partial charge in [0.05, 0.1) is 6.10 Å². The van der Waals surface area contributed by atoms with Crippen molar-refractivity contribution < 1.29 is 5.11 Å². The number of aromatic nitrogens is 1. The summed E-state index contributed by atoms with van der Waals surface area (Å²) in [5, 5.41) is 10.3. The summed E-state index contributed by atoms with van der Waals surface area (Å²) >= 11 is 0. The Hall–Kier alpha value is -0.890. The molecule has 0 bridgehead atoms. The second kappa shape index (κ2) is 5.63. The summed E-state index contributed by atoms with van der Waals surface area (Å²) in [6.45, 7) is 11.0. The Labute approximate surface area is 105 Å². The molecule has 2 heteroatoms. The normalized spacial score (nSPS) is 17.5. The summed E-state index contributed by atoms with van der Waals surface area (Å²) in [6, 6.07) is 3.96. The number of rotatable bonds is 4. The second-order valence-corrected chi connectivity index (χ2v) is 6.14. The molecule has 96 valence electrons. The van der Waals surface area contributed by atoms with E-state index in [1.54, 1.807) is 12.4 Å². The van der Waals surface area contributed by atoms with Crippen molar-refractivity contribution >= 4 is 0 Å². The standard InChI is InChI=1S/C15H25NO/c1-11(15(3,4)5)10-14(17)12(2)13-6-8-16-9-7-13/h6-9,11-12,14,17H,10H2,1-5H3. The van der Waals surface area contributed by atoms with Gasteiger partial charge >= 0.3 is 0 Å². The van der Waals surface area contributed by atoms with Crippen molar-refractivity contribution in [3.8, 4) is 0 Å². The molecule has 1 N–H and O–H groups in total. The van der Waals surface area contributed by atoms with Crippen molar-refractivity contribution in [3.05, 3.63) is 30.1 Å². The van der Waals surface area contributed by atoms with Crippen LogP contribution in [0.3, 0.4) is 0 Å². The Bertz CT molecular complexity index is 329. The van der Waals surface area contributed by atoms with Crippen LogP contribution >= 0.6 is 0 Å². The molecule has 0 saturated heterocycles. The fourth-order valence-electron chi connectivity index (χ4n) is 1.81. The molecule has 1 rings (SSSR count). The van der Waals surface area contributed by atoms with Crippen LogP contribution in [-0.2, 0) is 0 Å². The third kappa shape index (κ3) is 4.12. The molecule has 0 aliphatic carbocycles. The molecular weight excluding hydrogens is 210 g/mol. The lowest BCUT2D eigenvalue weighted by molar-refractivity contribution is 0.0921. The first-order chi connectivity index (χ1) is 7.82. The smallest absolute Gasteiger partial charge is 0.0608 e. The highest BCUT2D eigenvalue weighted by atomic mass is 16.3. The Balaban J connectivity index is 2.62. The highest BCUT2D eigenvalue weighted by molar-refractivity contribution is 5.16. The zero-order valence-electron chi connectivity index (χ0n) is 11.6. The van der Waals surface area contributed by atoms with Crippen molar-refractivity contribution in [1.82, 2.24) is 4.98 Å². The van der Waals surface area contributed by atoms with Crippen molar-refractivity contribution in [2.45, 2.75) is 53.1 Å². The molecule has 2 nitrogen and oxygen atoms in total. The quantitative estimate of drug-likeness (QED) is 0.864. The van der Waals surface area contributed by atoms with Gasteiger partial charge in [-0.2, -0.15) is 0 Å². The Kier molecular flexibility index (Phi) is 4.70. The van der Waals surface area contributed by atoms with Crippen LogP contribution in [0.25, 0.3) is 0 Å². The van der Waals surface area contributed by atoms with E-state index in [2.05, 4.69) is 39.6 Å². The van der Waals surface area contributed by atoms with E-state index in [9.17, 15) is 5.11 Å². The van der Waals surface area contributed by atoms with Crippen molar-refractivity contribution in [2.75, 3.05) is 0 Å². The summed E-state index contributed by atoms with van der Waals surface area (Å²) in [5.74, 6) is 0.671. The van der Waals surface area contributed by atoms with E-state index >= 15 is 0 Å². The van der Waals surface area contributed by atoms with Gasteiger partial charge in [0.2, 0.25) is 0 Å². The fourth-order valence-corrected chi connectivity index (χ4v) is 1.81. The first kappa shape index (κ1) is 14.2. The number of aliphatic hydroxyl groups is 1. The molecule has 1 aromatic rings. The number of hydrogen-bond donors (Lipinski definition) is 1. The number of pyridine rings is 1. The number of nitrogens with zero attached hydrogens (tertiary/aromatic N) is 1. The molecule has 3 unspecified atom stereocenters. The summed E-state index contributed by atoms with van der Waals surface area (Å²) < 4.78 is 0. The average Bonchev–Trinajstić information content (AvgIpc) is 2.27. The molecule has 0 aliphatic heterocycles. The predicted octanol–water partition coefficient (Wildman–Crippen LogP) is 3.62. The fraction of sp³-hybridized carbons (Fsp3) is 0.667. The molecule has 1 aromatic heterocycles. The van der Waals surface area contributed by atoms with Gasteiger partial charge < -0.3 is 5.11 Å². The monoisotopic (exact) mass is 235 g/mol. The van der Waals surface area contributed by atoms with Crippen LogP contribution in [0.4, 0.5) is 0 Å². The molecule has 0 fully saturated rings. The van der Waals surface area contributed by atoms with Gasteiger partial charge in [-0.15, -0.1) is 0 Å². The third-order valence-electron chi connectivity index (χ3n) is 3.88. The predicted molar refractivity (Wildman–Crippen MR) is 71.9 cm³/mol. The number of hydrogen-bond acceptors (Lipinski definition) is 2. The van der Waals surface area contributed by atoms with E-state index in [0.717, 1.165) is 12.0 Å². The zero-order chi connectivity index (χ0) is 13.1. The van der Waals surface area contributed by atoms with Gasteiger partial charge in [0, 0.05) is 18.3 Å². The lowest BCUT2D eigenvalue weighted by atomic mass is 9.77. The molecule has 1 heterocycles. The minimum Gasteiger partial charge on any atom is -0.392 e. The van der Waals surface area contributed by atoms with Crippen LogP contribution in [0.2, 0.25) is 0 Å². The number of aliphatic hydroxyl groups excluding tert-OH is 1. The third-order valence-corrected chi connectivity index (χ3v) is 3.88. The van der Waals surface area contributed by atoms with Gasteiger partial charge in [-0.05, 0) is 35.4 Å². The second-order valence-electron chi connectivity index (χ2n) is 6.14. The maximum atomic E-state index is 10.3. The SMILES string of the molecule is CC(c1ccncc1)C(O)CC(C)C(C)(C)C. The van der Waals surface area contributed by atoms with E-state index < -0.39 is 0 Å². The maximum Gasteiger partial charge on any atom is 0.0608 e. The van der Waals surface area contributed by atoms with Crippen LogP contribution in [0, 0.1) is 11.3 Å². The molecule has 17 heavy (non-hydrogen) atoms. The Morgan fingerprint density at radius 3 is 2.18 bits per heavy atom. The Morgan fingerprint density at radius 1 is 1.18 bits per heavy atom. The minimum atomic E-state index is -0.286. The first-order valence-corrected chi connectivity index (χ1v) is 6.40. The van der Waals surface area contributed by atoms with Gasteiger partial charge in [-0.1, -0.05) is 34.6 Å². The highest BCUT2D eigenvalue weighted by Crippen LogP contribution is 2.32. The van der Waals surface area contributed by atoms with Gasteiger partial charge in [-0.25, -0.2) is 0 Å². The summed E-state index contributed by atoms with van der Waals surface area (Å²) in [6.07, 6.45) is 4.12. The van der Waals surface area contributed by atoms with Crippen molar-refractivity contribution in [3.63, 3.8) is 0 Å². The minimum absolute atomic E-state index is 0.169. The van der Waals surface area contributed by atoms with Crippen molar-refractivity contribution in [1.29, 1.82) is 0 Å². The molecule has 0 aliphatic rings. The van der Waals surface area contributed by atoms with Crippen LogP contribution in [0.5, 0.6) is 0 Å². The van der Waals surface area contributed by atoms with Gasteiger partial charge in [0.15, 0.2) is 0 Å². The van der Waals surface area contributed by atoms with Gasteiger partial charge in [-0.3, -0.25) is 4.98 Å². The summed E-state index contributed by atoms with van der Waals surface area (Å²) in [5.41, 5.74) is 1.41.